The summed E-state index contributed by atoms with van der Waals surface area (Å²) in [4.78, 5) is 12.4. The van der Waals surface area contributed by atoms with E-state index in [4.69, 9.17) is 41.3 Å². The number of benzene rings is 2. The van der Waals surface area contributed by atoms with Gasteiger partial charge in [0.05, 0.1) is 28.4 Å². The Balaban J connectivity index is 2.24. The molecular formula is C27H26O7. The predicted octanol–water partition coefficient (Wildman–Crippen LogP) is 4.04. The van der Waals surface area contributed by atoms with Crippen molar-refractivity contribution >= 4 is 17.9 Å². The maximum absolute atomic E-state index is 12.4. The van der Waals surface area contributed by atoms with E-state index in [1.807, 2.05) is 0 Å². The lowest BCUT2D eigenvalue weighted by Gasteiger charge is -2.14. The van der Waals surface area contributed by atoms with Crippen LogP contribution in [0.25, 0.3) is 12.2 Å². The van der Waals surface area contributed by atoms with Crippen molar-refractivity contribution in [2.75, 3.05) is 41.7 Å². The van der Waals surface area contributed by atoms with Crippen molar-refractivity contribution in [3.05, 3.63) is 47.5 Å². The highest BCUT2D eigenvalue weighted by molar-refractivity contribution is 6.04. The van der Waals surface area contributed by atoms with Gasteiger partial charge in [0, 0.05) is 0 Å². The molecule has 0 aliphatic rings. The summed E-state index contributed by atoms with van der Waals surface area (Å²) in [5.74, 6) is 7.08. The molecule has 0 bridgehead atoms. The molecule has 176 valence electrons. The van der Waals surface area contributed by atoms with Crippen LogP contribution in [0.2, 0.25) is 0 Å². The zero-order valence-corrected chi connectivity index (χ0v) is 19.5. The number of allylic oxidation sites excluding steroid dienone is 2. The minimum atomic E-state index is -0.240. The second-order valence-corrected chi connectivity index (χ2v) is 6.56. The molecule has 0 aromatic heterocycles. The van der Waals surface area contributed by atoms with Crippen LogP contribution in [-0.4, -0.2) is 47.4 Å². The van der Waals surface area contributed by atoms with E-state index in [0.717, 1.165) is 0 Å². The van der Waals surface area contributed by atoms with Gasteiger partial charge in [-0.3, -0.25) is 4.79 Å². The molecule has 0 saturated heterocycles. The number of methoxy groups -OCH3 is 4. The topological polar surface area (TPSA) is 72.5 Å². The van der Waals surface area contributed by atoms with Gasteiger partial charge in [0.1, 0.15) is 13.2 Å². The molecule has 7 nitrogen and oxygen atoms in total. The monoisotopic (exact) mass is 462 g/mol. The lowest BCUT2D eigenvalue weighted by atomic mass is 10.1. The first kappa shape index (κ1) is 25.8. The molecule has 0 spiro atoms. The van der Waals surface area contributed by atoms with Crippen LogP contribution in [0.5, 0.6) is 34.5 Å². The highest BCUT2D eigenvalue weighted by Gasteiger charge is 2.14. The van der Waals surface area contributed by atoms with Crippen molar-refractivity contribution in [3.8, 4) is 59.2 Å². The quantitative estimate of drug-likeness (QED) is 0.348. The van der Waals surface area contributed by atoms with Crippen LogP contribution in [0.1, 0.15) is 11.1 Å². The highest BCUT2D eigenvalue weighted by atomic mass is 16.5. The summed E-state index contributed by atoms with van der Waals surface area (Å²) < 4.78 is 32.5. The van der Waals surface area contributed by atoms with E-state index in [1.54, 1.807) is 36.4 Å². The van der Waals surface area contributed by atoms with E-state index in [2.05, 4.69) is 11.8 Å². The molecule has 0 saturated carbocycles. The van der Waals surface area contributed by atoms with E-state index in [0.29, 0.717) is 45.6 Å². The van der Waals surface area contributed by atoms with Crippen LogP contribution in [0.4, 0.5) is 0 Å². The highest BCUT2D eigenvalue weighted by Crippen LogP contribution is 2.40. The number of terminal acetylenes is 2. The lowest BCUT2D eigenvalue weighted by molar-refractivity contribution is -0.110. The molecule has 0 N–H and O–H groups in total. The van der Waals surface area contributed by atoms with Gasteiger partial charge in [-0.25, -0.2) is 0 Å². The molecule has 2 rings (SSSR count). The van der Waals surface area contributed by atoms with E-state index in [-0.39, 0.29) is 19.0 Å². The van der Waals surface area contributed by atoms with Crippen molar-refractivity contribution in [3.63, 3.8) is 0 Å². The number of carbonyl (C=O) groups excluding carboxylic acids is 1. The summed E-state index contributed by atoms with van der Waals surface area (Å²) in [5.41, 5.74) is 1.36. The molecule has 2 aromatic rings. The van der Waals surface area contributed by atoms with E-state index >= 15 is 0 Å². The summed E-state index contributed by atoms with van der Waals surface area (Å²) in [5, 5.41) is 0. The Kier molecular flexibility index (Phi) is 9.96. The molecule has 0 fully saturated rings. The zero-order chi connectivity index (χ0) is 24.9. The second-order valence-electron chi connectivity index (χ2n) is 6.56. The molecule has 34 heavy (non-hydrogen) atoms. The van der Waals surface area contributed by atoms with Crippen LogP contribution in [0.3, 0.4) is 0 Å². The van der Waals surface area contributed by atoms with Crippen LogP contribution in [-0.2, 0) is 4.79 Å². The standard InChI is InChI=1S/C27H26O7/c1-7-13-33-26-22(29-3)15-19(16-23(26)30-4)9-11-21(28)12-10-20-17-24(31-5)27(34-14-8-2)25(18-20)32-6/h1-2,9-12,15-18H,13-14H2,3-6H3/b11-9+,12-10+. The van der Waals surface area contributed by atoms with Crippen molar-refractivity contribution in [2.45, 2.75) is 0 Å². The molecular weight excluding hydrogens is 436 g/mol. The van der Waals surface area contributed by atoms with Gasteiger partial charge in [-0.2, -0.15) is 0 Å². The van der Waals surface area contributed by atoms with E-state index in [1.165, 1.54) is 40.6 Å². The Morgan fingerprint density at radius 1 is 0.706 bits per heavy atom. The van der Waals surface area contributed by atoms with Crippen molar-refractivity contribution in [1.29, 1.82) is 0 Å². The SMILES string of the molecule is C#CCOc1c(OC)cc(/C=C/C(=O)/C=C/c2cc(OC)c(OCC#C)c(OC)c2)cc1OC. The molecule has 0 amide bonds. The molecule has 0 aliphatic heterocycles. The summed E-state index contributed by atoms with van der Waals surface area (Å²) >= 11 is 0. The van der Waals surface area contributed by atoms with Gasteiger partial charge in [-0.15, -0.1) is 12.8 Å². The van der Waals surface area contributed by atoms with Gasteiger partial charge < -0.3 is 28.4 Å². The third-order valence-electron chi connectivity index (χ3n) is 4.45. The molecule has 0 atom stereocenters. The van der Waals surface area contributed by atoms with Crippen LogP contribution >= 0.6 is 0 Å². The fourth-order valence-electron chi connectivity index (χ4n) is 2.92. The Hall–Kier alpha value is -4.49. The molecule has 0 heterocycles. The van der Waals surface area contributed by atoms with Gasteiger partial charge >= 0.3 is 0 Å². The number of ether oxygens (including phenoxy) is 6. The van der Waals surface area contributed by atoms with Crippen molar-refractivity contribution in [1.82, 2.24) is 0 Å². The first-order valence-corrected chi connectivity index (χ1v) is 10.1. The Labute approximate surface area is 199 Å². The Morgan fingerprint density at radius 2 is 1.03 bits per heavy atom. The summed E-state index contributed by atoms with van der Waals surface area (Å²) in [6.07, 6.45) is 16.6. The van der Waals surface area contributed by atoms with E-state index in [9.17, 15) is 4.79 Å². The number of hydrogen-bond donors (Lipinski definition) is 0. The molecule has 0 radical (unpaired) electrons. The molecule has 7 heteroatoms. The summed E-state index contributed by atoms with van der Waals surface area (Å²) in [6.45, 7) is 0.134. The van der Waals surface area contributed by atoms with Gasteiger partial charge in [0.25, 0.3) is 0 Å². The lowest BCUT2D eigenvalue weighted by Crippen LogP contribution is -2.00. The minimum Gasteiger partial charge on any atom is -0.493 e. The predicted molar refractivity (Wildman–Crippen MR) is 131 cm³/mol. The van der Waals surface area contributed by atoms with Gasteiger partial charge in [0.2, 0.25) is 11.5 Å². The molecule has 0 unspecified atom stereocenters. The molecule has 2 aromatic carbocycles. The van der Waals surface area contributed by atoms with Crippen LogP contribution in [0, 0.1) is 24.7 Å². The van der Waals surface area contributed by atoms with Gasteiger partial charge in [-0.05, 0) is 47.5 Å². The average molecular weight is 462 g/mol. The first-order valence-electron chi connectivity index (χ1n) is 10.1. The second kappa shape index (κ2) is 13.1. The van der Waals surface area contributed by atoms with E-state index < -0.39 is 0 Å². The normalized spacial score (nSPS) is 10.4. The number of ketones is 1. The number of carbonyl (C=O) groups is 1. The fraction of sp³-hybridized carbons (Fsp3) is 0.222. The molecule has 0 aliphatic carbocycles. The Morgan fingerprint density at radius 3 is 1.29 bits per heavy atom. The smallest absolute Gasteiger partial charge is 0.204 e. The summed E-state index contributed by atoms with van der Waals surface area (Å²) in [6, 6.07) is 6.86. The van der Waals surface area contributed by atoms with Crippen LogP contribution in [0.15, 0.2) is 36.4 Å². The maximum Gasteiger partial charge on any atom is 0.204 e. The van der Waals surface area contributed by atoms with Crippen molar-refractivity contribution in [2.24, 2.45) is 0 Å². The zero-order valence-electron chi connectivity index (χ0n) is 19.5. The summed E-state index contributed by atoms with van der Waals surface area (Å²) in [7, 11) is 6.02. The largest absolute Gasteiger partial charge is 0.493 e. The number of hydrogen-bond acceptors (Lipinski definition) is 7. The fourth-order valence-corrected chi connectivity index (χ4v) is 2.92. The Bertz CT molecular complexity index is 1010. The third-order valence-corrected chi connectivity index (χ3v) is 4.45. The van der Waals surface area contributed by atoms with Gasteiger partial charge in [0.15, 0.2) is 28.8 Å². The maximum atomic E-state index is 12.4. The minimum absolute atomic E-state index is 0.0672. The third kappa shape index (κ3) is 6.75. The van der Waals surface area contributed by atoms with Gasteiger partial charge in [-0.1, -0.05) is 24.0 Å². The first-order chi connectivity index (χ1) is 16.5. The van der Waals surface area contributed by atoms with Crippen molar-refractivity contribution < 1.29 is 33.2 Å². The van der Waals surface area contributed by atoms with Crippen LogP contribution < -0.4 is 28.4 Å². The average Bonchev–Trinajstić information content (AvgIpc) is 2.87. The number of rotatable bonds is 12.